The van der Waals surface area contributed by atoms with E-state index in [1.807, 2.05) is 11.7 Å². The lowest BCUT2D eigenvalue weighted by atomic mass is 9.75. The Bertz CT molecular complexity index is 383. The molecule has 1 unspecified atom stereocenters. The van der Waals surface area contributed by atoms with Crippen molar-refractivity contribution in [2.75, 3.05) is 0 Å². The molecule has 1 aromatic rings. The predicted molar refractivity (Wildman–Crippen MR) is 97.3 cm³/mol. The van der Waals surface area contributed by atoms with Crippen molar-refractivity contribution < 1.29 is 0 Å². The standard InChI is InChI=1S/C20H38N2/c1-5-7-9-11-12-14-16-20(3,15-13-10-8-6-2)19-17-21-22(4)18-19/h17-18H,5-16H2,1-4H3. The average Bonchev–Trinajstić information content (AvgIpc) is 2.95. The van der Waals surface area contributed by atoms with Crippen LogP contribution in [0, 0.1) is 0 Å². The van der Waals surface area contributed by atoms with E-state index in [0.717, 1.165) is 0 Å². The van der Waals surface area contributed by atoms with Crippen LogP contribution in [0.5, 0.6) is 0 Å². The van der Waals surface area contributed by atoms with E-state index < -0.39 is 0 Å². The molecule has 0 aromatic carbocycles. The van der Waals surface area contributed by atoms with Crippen LogP contribution in [-0.2, 0) is 12.5 Å². The maximum absolute atomic E-state index is 4.41. The van der Waals surface area contributed by atoms with Crippen LogP contribution < -0.4 is 0 Å². The molecule has 0 N–H and O–H groups in total. The molecule has 1 rings (SSSR count). The first-order chi connectivity index (χ1) is 10.6. The van der Waals surface area contributed by atoms with Gasteiger partial charge in [-0.1, -0.05) is 85.0 Å². The van der Waals surface area contributed by atoms with Gasteiger partial charge in [-0.2, -0.15) is 5.10 Å². The van der Waals surface area contributed by atoms with Crippen LogP contribution in [0.15, 0.2) is 12.4 Å². The second kappa shape index (κ2) is 10.9. The monoisotopic (exact) mass is 306 g/mol. The van der Waals surface area contributed by atoms with E-state index in [0.29, 0.717) is 5.41 Å². The molecule has 0 saturated heterocycles. The highest BCUT2D eigenvalue weighted by molar-refractivity contribution is 5.18. The van der Waals surface area contributed by atoms with Crippen LogP contribution in [0.3, 0.4) is 0 Å². The van der Waals surface area contributed by atoms with Crippen LogP contribution in [-0.4, -0.2) is 9.78 Å². The summed E-state index contributed by atoms with van der Waals surface area (Å²) >= 11 is 0. The lowest BCUT2D eigenvalue weighted by Crippen LogP contribution is -2.21. The zero-order valence-electron chi connectivity index (χ0n) is 15.5. The third kappa shape index (κ3) is 6.98. The van der Waals surface area contributed by atoms with Gasteiger partial charge in [0.1, 0.15) is 0 Å². The molecule has 1 aromatic heterocycles. The van der Waals surface area contributed by atoms with Gasteiger partial charge in [0.05, 0.1) is 6.20 Å². The first-order valence-corrected chi connectivity index (χ1v) is 9.61. The van der Waals surface area contributed by atoms with Crippen molar-refractivity contribution >= 4 is 0 Å². The van der Waals surface area contributed by atoms with Gasteiger partial charge in [0.15, 0.2) is 0 Å². The summed E-state index contributed by atoms with van der Waals surface area (Å²) in [4.78, 5) is 0. The molecule has 0 aliphatic heterocycles. The zero-order valence-corrected chi connectivity index (χ0v) is 15.5. The summed E-state index contributed by atoms with van der Waals surface area (Å²) in [5.74, 6) is 0. The second-order valence-corrected chi connectivity index (χ2v) is 7.29. The maximum Gasteiger partial charge on any atom is 0.0527 e. The van der Waals surface area contributed by atoms with Crippen LogP contribution in [0.4, 0.5) is 0 Å². The number of hydrogen-bond donors (Lipinski definition) is 0. The molecule has 0 saturated carbocycles. The Labute approximate surface area is 138 Å². The number of aromatic nitrogens is 2. The van der Waals surface area contributed by atoms with Crippen molar-refractivity contribution in [2.24, 2.45) is 7.05 Å². The van der Waals surface area contributed by atoms with E-state index in [1.54, 1.807) is 0 Å². The van der Waals surface area contributed by atoms with E-state index >= 15 is 0 Å². The minimum atomic E-state index is 0.326. The van der Waals surface area contributed by atoms with Crippen molar-refractivity contribution in [3.05, 3.63) is 18.0 Å². The summed E-state index contributed by atoms with van der Waals surface area (Å²) in [6, 6.07) is 0. The fourth-order valence-electron chi connectivity index (χ4n) is 3.38. The second-order valence-electron chi connectivity index (χ2n) is 7.29. The molecule has 0 aliphatic rings. The van der Waals surface area contributed by atoms with Crippen molar-refractivity contribution in [3.8, 4) is 0 Å². The molecule has 0 amide bonds. The Morgan fingerprint density at radius 3 is 1.86 bits per heavy atom. The molecule has 2 heteroatoms. The lowest BCUT2D eigenvalue weighted by molar-refractivity contribution is 0.363. The Hall–Kier alpha value is -0.790. The lowest BCUT2D eigenvalue weighted by Gasteiger charge is -2.29. The molecule has 22 heavy (non-hydrogen) atoms. The van der Waals surface area contributed by atoms with E-state index in [9.17, 15) is 0 Å². The van der Waals surface area contributed by atoms with Gasteiger partial charge in [0, 0.05) is 13.2 Å². The fourth-order valence-corrected chi connectivity index (χ4v) is 3.38. The SMILES string of the molecule is CCCCCCCCC(C)(CCCCCC)c1cnn(C)c1. The maximum atomic E-state index is 4.41. The minimum Gasteiger partial charge on any atom is -0.276 e. The van der Waals surface area contributed by atoms with E-state index in [1.165, 1.54) is 82.6 Å². The van der Waals surface area contributed by atoms with Gasteiger partial charge in [-0.15, -0.1) is 0 Å². The van der Waals surface area contributed by atoms with E-state index in [-0.39, 0.29) is 0 Å². The highest BCUT2D eigenvalue weighted by atomic mass is 15.2. The minimum absolute atomic E-state index is 0.326. The number of unbranched alkanes of at least 4 members (excludes halogenated alkanes) is 8. The van der Waals surface area contributed by atoms with Crippen LogP contribution in [0.25, 0.3) is 0 Å². The third-order valence-electron chi connectivity index (χ3n) is 5.07. The molecular formula is C20H38N2. The molecule has 0 bridgehead atoms. The first-order valence-electron chi connectivity index (χ1n) is 9.61. The quantitative estimate of drug-likeness (QED) is 0.386. The normalized spacial score (nSPS) is 14.2. The van der Waals surface area contributed by atoms with Crippen LogP contribution in [0.1, 0.15) is 103 Å². The van der Waals surface area contributed by atoms with E-state index in [4.69, 9.17) is 0 Å². The van der Waals surface area contributed by atoms with Gasteiger partial charge in [0.25, 0.3) is 0 Å². The van der Waals surface area contributed by atoms with E-state index in [2.05, 4.69) is 38.3 Å². The first kappa shape index (κ1) is 19.3. The molecule has 0 spiro atoms. The molecule has 0 aliphatic carbocycles. The molecule has 0 radical (unpaired) electrons. The summed E-state index contributed by atoms with van der Waals surface area (Å²) < 4.78 is 1.96. The highest BCUT2D eigenvalue weighted by Crippen LogP contribution is 2.35. The summed E-state index contributed by atoms with van der Waals surface area (Å²) in [6.07, 6.45) is 20.7. The van der Waals surface area contributed by atoms with Crippen molar-refractivity contribution in [1.29, 1.82) is 0 Å². The molecule has 1 heterocycles. The smallest absolute Gasteiger partial charge is 0.0527 e. The molecular weight excluding hydrogens is 268 g/mol. The molecule has 128 valence electrons. The van der Waals surface area contributed by atoms with Gasteiger partial charge in [-0.25, -0.2) is 0 Å². The van der Waals surface area contributed by atoms with Gasteiger partial charge in [-0.05, 0) is 23.8 Å². The topological polar surface area (TPSA) is 17.8 Å². The van der Waals surface area contributed by atoms with Gasteiger partial charge < -0.3 is 0 Å². The fraction of sp³-hybridized carbons (Fsp3) is 0.850. The number of rotatable bonds is 13. The summed E-state index contributed by atoms with van der Waals surface area (Å²) in [6.45, 7) is 7.04. The zero-order chi connectivity index (χ0) is 16.3. The Balaban J connectivity index is 2.47. The number of aryl methyl sites for hydroxylation is 1. The van der Waals surface area contributed by atoms with Crippen molar-refractivity contribution in [1.82, 2.24) is 9.78 Å². The van der Waals surface area contributed by atoms with Gasteiger partial charge in [-0.3, -0.25) is 4.68 Å². The Kier molecular flexibility index (Phi) is 9.50. The molecule has 1 atom stereocenters. The van der Waals surface area contributed by atoms with Crippen molar-refractivity contribution in [3.63, 3.8) is 0 Å². The molecule has 0 fully saturated rings. The predicted octanol–water partition coefficient (Wildman–Crippen LogP) is 6.40. The highest BCUT2D eigenvalue weighted by Gasteiger charge is 2.26. The van der Waals surface area contributed by atoms with Gasteiger partial charge >= 0.3 is 0 Å². The van der Waals surface area contributed by atoms with Crippen LogP contribution >= 0.6 is 0 Å². The average molecular weight is 307 g/mol. The number of nitrogens with zero attached hydrogens (tertiary/aromatic N) is 2. The summed E-state index contributed by atoms with van der Waals surface area (Å²) in [5.41, 5.74) is 1.77. The Morgan fingerprint density at radius 2 is 1.36 bits per heavy atom. The summed E-state index contributed by atoms with van der Waals surface area (Å²) in [7, 11) is 2.03. The Morgan fingerprint density at radius 1 is 0.864 bits per heavy atom. The largest absolute Gasteiger partial charge is 0.276 e. The van der Waals surface area contributed by atoms with Gasteiger partial charge in [0.2, 0.25) is 0 Å². The molecule has 2 nitrogen and oxygen atoms in total. The van der Waals surface area contributed by atoms with Crippen molar-refractivity contribution in [2.45, 2.75) is 103 Å². The third-order valence-corrected chi connectivity index (χ3v) is 5.07. The summed E-state index contributed by atoms with van der Waals surface area (Å²) in [5, 5.41) is 4.41. The number of hydrogen-bond acceptors (Lipinski definition) is 1. The van der Waals surface area contributed by atoms with Crippen LogP contribution in [0.2, 0.25) is 0 Å².